The van der Waals surface area contributed by atoms with Gasteiger partial charge >= 0.3 is 5.97 Å². The minimum absolute atomic E-state index is 0.159. The van der Waals surface area contributed by atoms with Crippen LogP contribution in [0.15, 0.2) is 0 Å². The standard InChI is InChI=1S/C23H44NO4/c1-5-6-7-8-9-10-11-12-15-18-23(24(26)22(2,3)20-28-23)19-16-13-14-17-21(25)27-4/h5-20H2,1-4H3. The first-order valence-electron chi connectivity index (χ1n) is 11.6. The Kier molecular flexibility index (Phi) is 12.3. The van der Waals surface area contributed by atoms with Gasteiger partial charge in [0.25, 0.3) is 0 Å². The van der Waals surface area contributed by atoms with E-state index >= 15 is 0 Å². The smallest absolute Gasteiger partial charge is 0.305 e. The second-order valence-electron chi connectivity index (χ2n) is 9.06. The van der Waals surface area contributed by atoms with Crippen molar-refractivity contribution < 1.29 is 19.5 Å². The maximum Gasteiger partial charge on any atom is 0.305 e. The van der Waals surface area contributed by atoms with Crippen LogP contribution >= 0.6 is 0 Å². The van der Waals surface area contributed by atoms with Crippen LogP contribution in [0.5, 0.6) is 0 Å². The maximum atomic E-state index is 13.0. The molecular weight excluding hydrogens is 354 g/mol. The van der Waals surface area contributed by atoms with E-state index in [4.69, 9.17) is 4.74 Å². The number of hydrogen-bond donors (Lipinski definition) is 0. The lowest BCUT2D eigenvalue weighted by atomic mass is 9.95. The molecule has 0 amide bonds. The molecule has 1 saturated heterocycles. The number of esters is 1. The highest BCUT2D eigenvalue weighted by Crippen LogP contribution is 2.40. The van der Waals surface area contributed by atoms with Crippen LogP contribution in [-0.2, 0) is 19.5 Å². The fourth-order valence-electron chi connectivity index (χ4n) is 4.11. The third-order valence-corrected chi connectivity index (χ3v) is 5.96. The molecule has 1 radical (unpaired) electrons. The summed E-state index contributed by atoms with van der Waals surface area (Å²) in [6, 6.07) is 0. The van der Waals surface area contributed by atoms with Gasteiger partial charge in [0.05, 0.1) is 19.3 Å². The van der Waals surface area contributed by atoms with Gasteiger partial charge in [0.15, 0.2) is 0 Å². The second kappa shape index (κ2) is 13.6. The van der Waals surface area contributed by atoms with Crippen molar-refractivity contribution in [2.24, 2.45) is 0 Å². The van der Waals surface area contributed by atoms with E-state index in [9.17, 15) is 10.0 Å². The molecule has 0 aliphatic carbocycles. The van der Waals surface area contributed by atoms with Crippen LogP contribution in [0.1, 0.15) is 117 Å². The molecule has 5 nitrogen and oxygen atoms in total. The molecule has 0 aromatic carbocycles. The Morgan fingerprint density at radius 2 is 1.39 bits per heavy atom. The minimum Gasteiger partial charge on any atom is -0.469 e. The molecule has 0 saturated carbocycles. The van der Waals surface area contributed by atoms with Crippen LogP contribution in [0.4, 0.5) is 0 Å². The Morgan fingerprint density at radius 3 is 1.86 bits per heavy atom. The van der Waals surface area contributed by atoms with Gasteiger partial charge in [-0.15, -0.1) is 10.3 Å². The zero-order valence-electron chi connectivity index (χ0n) is 18.9. The summed E-state index contributed by atoms with van der Waals surface area (Å²) in [5.74, 6) is -0.159. The highest BCUT2D eigenvalue weighted by atomic mass is 16.6. The third-order valence-electron chi connectivity index (χ3n) is 5.96. The lowest BCUT2D eigenvalue weighted by Crippen LogP contribution is -2.49. The first-order chi connectivity index (χ1) is 13.4. The monoisotopic (exact) mass is 398 g/mol. The van der Waals surface area contributed by atoms with E-state index in [0.717, 1.165) is 38.5 Å². The zero-order chi connectivity index (χ0) is 20.9. The highest BCUT2D eigenvalue weighted by Gasteiger charge is 2.51. The minimum atomic E-state index is -0.671. The Balaban J connectivity index is 2.33. The molecule has 0 spiro atoms. The van der Waals surface area contributed by atoms with Crippen molar-refractivity contribution >= 4 is 5.97 Å². The van der Waals surface area contributed by atoms with Crippen LogP contribution in [0, 0.1) is 0 Å². The number of hydrogen-bond acceptors (Lipinski definition) is 4. The number of rotatable bonds is 16. The molecule has 1 atom stereocenters. The SMILES string of the molecule is CCCCCCCCCCCC1(CCCCCC(=O)OC)OCC(C)(C)N1[O]. The fourth-order valence-corrected chi connectivity index (χ4v) is 4.11. The van der Waals surface area contributed by atoms with E-state index in [1.54, 1.807) is 0 Å². The molecular formula is C23H44NO4. The van der Waals surface area contributed by atoms with Crippen LogP contribution in [0.25, 0.3) is 0 Å². The van der Waals surface area contributed by atoms with Gasteiger partial charge in [0, 0.05) is 6.42 Å². The van der Waals surface area contributed by atoms with E-state index in [2.05, 4.69) is 11.7 Å². The maximum absolute atomic E-state index is 13.0. The largest absolute Gasteiger partial charge is 0.469 e. The van der Waals surface area contributed by atoms with Crippen molar-refractivity contribution in [2.45, 2.75) is 128 Å². The number of hydroxylamine groups is 2. The van der Waals surface area contributed by atoms with Gasteiger partial charge in [0.1, 0.15) is 5.72 Å². The predicted molar refractivity (Wildman–Crippen MR) is 112 cm³/mol. The second-order valence-corrected chi connectivity index (χ2v) is 9.06. The van der Waals surface area contributed by atoms with Gasteiger partial charge in [-0.2, -0.15) is 0 Å². The summed E-state index contributed by atoms with van der Waals surface area (Å²) in [5.41, 5.74) is -1.12. The molecule has 1 aliphatic rings. The van der Waals surface area contributed by atoms with Gasteiger partial charge in [-0.25, -0.2) is 0 Å². The third kappa shape index (κ3) is 8.79. The lowest BCUT2D eigenvalue weighted by molar-refractivity contribution is -0.296. The number of nitrogens with zero attached hydrogens (tertiary/aromatic N) is 1. The summed E-state index contributed by atoms with van der Waals surface area (Å²) in [7, 11) is 1.42. The molecule has 0 aromatic heterocycles. The first kappa shape index (κ1) is 25.4. The Labute approximate surface area is 173 Å². The lowest BCUT2D eigenvalue weighted by Gasteiger charge is -2.35. The molecule has 0 aromatic rings. The Bertz CT molecular complexity index is 427. The van der Waals surface area contributed by atoms with E-state index in [1.807, 2.05) is 13.8 Å². The van der Waals surface area contributed by atoms with E-state index in [-0.39, 0.29) is 5.97 Å². The van der Waals surface area contributed by atoms with E-state index in [1.165, 1.54) is 63.5 Å². The van der Waals surface area contributed by atoms with Crippen LogP contribution in [0.3, 0.4) is 0 Å². The summed E-state index contributed by atoms with van der Waals surface area (Å²) >= 11 is 0. The van der Waals surface area contributed by atoms with Crippen LogP contribution in [-0.4, -0.2) is 36.0 Å². The van der Waals surface area contributed by atoms with Gasteiger partial charge in [-0.3, -0.25) is 4.79 Å². The molecule has 5 heteroatoms. The van der Waals surface area contributed by atoms with E-state index in [0.29, 0.717) is 13.0 Å². The van der Waals surface area contributed by atoms with Crippen molar-refractivity contribution in [3.63, 3.8) is 0 Å². The van der Waals surface area contributed by atoms with Crippen LogP contribution in [0.2, 0.25) is 0 Å². The number of ether oxygens (including phenoxy) is 2. The van der Waals surface area contributed by atoms with Crippen molar-refractivity contribution in [2.75, 3.05) is 13.7 Å². The topological polar surface area (TPSA) is 58.7 Å². The molecule has 0 N–H and O–H groups in total. The molecule has 1 rings (SSSR count). The van der Waals surface area contributed by atoms with Crippen molar-refractivity contribution in [3.8, 4) is 0 Å². The van der Waals surface area contributed by atoms with Gasteiger partial charge in [-0.05, 0) is 46.0 Å². The van der Waals surface area contributed by atoms with Crippen molar-refractivity contribution in [1.82, 2.24) is 5.06 Å². The Hall–Kier alpha value is -0.650. The zero-order valence-corrected chi connectivity index (χ0v) is 18.9. The quantitative estimate of drug-likeness (QED) is 0.230. The summed E-state index contributed by atoms with van der Waals surface area (Å²) in [6.07, 6.45) is 16.1. The van der Waals surface area contributed by atoms with Gasteiger partial charge < -0.3 is 9.47 Å². The summed E-state index contributed by atoms with van der Waals surface area (Å²) < 4.78 is 10.8. The first-order valence-corrected chi connectivity index (χ1v) is 11.6. The predicted octanol–water partition coefficient (Wildman–Crippen LogP) is 6.18. The average molecular weight is 399 g/mol. The number of methoxy groups -OCH3 is 1. The fraction of sp³-hybridized carbons (Fsp3) is 0.957. The average Bonchev–Trinajstić information content (AvgIpc) is 2.90. The normalized spacial score (nSPS) is 21.9. The molecule has 165 valence electrons. The molecule has 0 bridgehead atoms. The molecule has 28 heavy (non-hydrogen) atoms. The Morgan fingerprint density at radius 1 is 0.893 bits per heavy atom. The van der Waals surface area contributed by atoms with Gasteiger partial charge in [0.2, 0.25) is 0 Å². The number of carbonyl (C=O) groups excluding carboxylic acids is 1. The van der Waals surface area contributed by atoms with Crippen LogP contribution < -0.4 is 0 Å². The highest BCUT2D eigenvalue weighted by molar-refractivity contribution is 5.68. The molecule has 1 heterocycles. The van der Waals surface area contributed by atoms with Crippen molar-refractivity contribution in [3.05, 3.63) is 0 Å². The summed E-state index contributed by atoms with van der Waals surface area (Å²) in [5, 5.41) is 14.2. The molecule has 1 unspecified atom stereocenters. The number of unbranched alkanes of at least 4 members (excludes halogenated alkanes) is 10. The summed E-state index contributed by atoms with van der Waals surface area (Å²) in [4.78, 5) is 11.2. The summed E-state index contributed by atoms with van der Waals surface area (Å²) in [6.45, 7) is 6.68. The number of carbonyl (C=O) groups is 1. The van der Waals surface area contributed by atoms with Crippen molar-refractivity contribution in [1.29, 1.82) is 0 Å². The molecule has 1 fully saturated rings. The molecule has 1 aliphatic heterocycles. The van der Waals surface area contributed by atoms with E-state index < -0.39 is 11.3 Å². The van der Waals surface area contributed by atoms with Gasteiger partial charge in [-0.1, -0.05) is 64.7 Å².